The van der Waals surface area contributed by atoms with Gasteiger partial charge in [-0.05, 0) is 43.5 Å². The summed E-state index contributed by atoms with van der Waals surface area (Å²) >= 11 is 0. The molecule has 0 radical (unpaired) electrons. The van der Waals surface area contributed by atoms with E-state index in [1.807, 2.05) is 31.2 Å². The van der Waals surface area contributed by atoms with Crippen molar-refractivity contribution in [1.29, 1.82) is 0 Å². The number of benzene rings is 2. The molecule has 1 N–H and O–H groups in total. The Labute approximate surface area is 128 Å². The third-order valence-electron chi connectivity index (χ3n) is 3.99. The molecule has 2 aromatic carbocycles. The second-order valence-corrected chi connectivity index (χ2v) is 5.39. The lowest BCUT2D eigenvalue weighted by Gasteiger charge is -2.16. The van der Waals surface area contributed by atoms with Crippen LogP contribution in [0.5, 0.6) is 0 Å². The summed E-state index contributed by atoms with van der Waals surface area (Å²) in [5.74, 6) is 0. The van der Waals surface area contributed by atoms with Crippen LogP contribution in [0.1, 0.15) is 18.9 Å². The number of rotatable bonds is 5. The summed E-state index contributed by atoms with van der Waals surface area (Å²) in [4.78, 5) is 12.4. The molecule has 3 rings (SSSR count). The zero-order valence-electron chi connectivity index (χ0n) is 12.6. The van der Waals surface area contributed by atoms with Gasteiger partial charge in [0.05, 0.1) is 0 Å². The van der Waals surface area contributed by atoms with Gasteiger partial charge < -0.3 is 14.4 Å². The van der Waals surface area contributed by atoms with Crippen molar-refractivity contribution in [3.63, 3.8) is 0 Å². The summed E-state index contributed by atoms with van der Waals surface area (Å²) in [6.07, 6.45) is 0.833. The molecule has 0 saturated carbocycles. The van der Waals surface area contributed by atoms with Gasteiger partial charge in [-0.1, -0.05) is 24.3 Å². The molecular weight excluding hydrogens is 278 g/mol. The average Bonchev–Trinajstić information content (AvgIpc) is 2.89. The molecule has 0 atom stereocenters. The van der Waals surface area contributed by atoms with Crippen molar-refractivity contribution in [2.75, 3.05) is 13.1 Å². The van der Waals surface area contributed by atoms with E-state index in [1.165, 1.54) is 10.5 Å². The van der Waals surface area contributed by atoms with Crippen molar-refractivity contribution in [2.45, 2.75) is 19.8 Å². The van der Waals surface area contributed by atoms with Gasteiger partial charge in [0.1, 0.15) is 11.2 Å². The highest BCUT2D eigenvalue weighted by molar-refractivity contribution is 6.04. The van der Waals surface area contributed by atoms with Crippen LogP contribution in [-0.2, 0) is 6.42 Å². The highest BCUT2D eigenvalue weighted by atomic mass is 16.4. The van der Waals surface area contributed by atoms with Crippen molar-refractivity contribution in [3.05, 3.63) is 48.0 Å². The molecule has 114 valence electrons. The third-order valence-corrected chi connectivity index (χ3v) is 3.99. The van der Waals surface area contributed by atoms with Crippen LogP contribution in [0.15, 0.2) is 46.9 Å². The van der Waals surface area contributed by atoms with E-state index in [4.69, 9.17) is 9.52 Å². The molecule has 0 fully saturated rings. The first-order valence-corrected chi connectivity index (χ1v) is 7.57. The molecule has 1 heterocycles. The van der Waals surface area contributed by atoms with Crippen LogP contribution in [0, 0.1) is 0 Å². The highest BCUT2D eigenvalue weighted by Crippen LogP contribution is 2.29. The van der Waals surface area contributed by atoms with Crippen LogP contribution in [0.3, 0.4) is 0 Å². The lowest BCUT2D eigenvalue weighted by Crippen LogP contribution is -2.30. The predicted octanol–water partition coefficient (Wildman–Crippen LogP) is 4.52. The maximum atomic E-state index is 11.0. The minimum atomic E-state index is -0.848. The normalized spacial score (nSPS) is 11.1. The fraction of sp³-hybridized carbons (Fsp3) is 0.278. The van der Waals surface area contributed by atoms with Crippen LogP contribution < -0.4 is 0 Å². The molecule has 1 amide bonds. The molecule has 1 aromatic heterocycles. The predicted molar refractivity (Wildman–Crippen MR) is 87.3 cm³/mol. The number of hydrogen-bond donors (Lipinski definition) is 1. The van der Waals surface area contributed by atoms with Crippen LogP contribution in [-0.4, -0.2) is 29.2 Å². The van der Waals surface area contributed by atoms with Gasteiger partial charge in [-0.3, -0.25) is 0 Å². The Morgan fingerprint density at radius 1 is 1.14 bits per heavy atom. The summed E-state index contributed by atoms with van der Waals surface area (Å²) in [7, 11) is 0. The summed E-state index contributed by atoms with van der Waals surface area (Å²) in [6.45, 7) is 2.95. The Morgan fingerprint density at radius 2 is 1.91 bits per heavy atom. The number of amides is 1. The zero-order chi connectivity index (χ0) is 15.5. The standard InChI is InChI=1S/C18H19NO3/c1-2-19(18(20)21)11-5-6-13-9-10-17-15(12-13)14-7-3-4-8-16(14)22-17/h3-4,7-10,12H,2,5-6,11H2,1H3,(H,20,21). The third kappa shape index (κ3) is 2.77. The van der Waals surface area contributed by atoms with Gasteiger partial charge in [-0.25, -0.2) is 4.79 Å². The number of furan rings is 1. The minimum absolute atomic E-state index is 0.529. The van der Waals surface area contributed by atoms with Crippen LogP contribution in [0.4, 0.5) is 4.79 Å². The van der Waals surface area contributed by atoms with Crippen LogP contribution >= 0.6 is 0 Å². The van der Waals surface area contributed by atoms with E-state index >= 15 is 0 Å². The molecule has 4 heteroatoms. The summed E-state index contributed by atoms with van der Waals surface area (Å²) in [6, 6.07) is 14.2. The number of aryl methyl sites for hydroxylation is 1. The van der Waals surface area contributed by atoms with E-state index in [0.717, 1.165) is 34.8 Å². The average molecular weight is 297 g/mol. The SMILES string of the molecule is CCN(CCCc1ccc2oc3ccccc3c2c1)C(=O)O. The number of fused-ring (bicyclic) bond motifs is 3. The smallest absolute Gasteiger partial charge is 0.407 e. The monoisotopic (exact) mass is 297 g/mol. The van der Waals surface area contributed by atoms with Gasteiger partial charge in [0.25, 0.3) is 0 Å². The maximum Gasteiger partial charge on any atom is 0.407 e. The minimum Gasteiger partial charge on any atom is -0.465 e. The summed E-state index contributed by atoms with van der Waals surface area (Å²) in [5, 5.41) is 11.3. The van der Waals surface area contributed by atoms with Crippen LogP contribution in [0.25, 0.3) is 21.9 Å². The number of para-hydroxylation sites is 1. The molecule has 4 nitrogen and oxygen atoms in total. The first-order chi connectivity index (χ1) is 10.7. The number of nitrogens with zero attached hydrogens (tertiary/aromatic N) is 1. The Balaban J connectivity index is 1.77. The van der Waals surface area contributed by atoms with Crippen LogP contribution in [0.2, 0.25) is 0 Å². The van der Waals surface area contributed by atoms with Gasteiger partial charge in [-0.2, -0.15) is 0 Å². The Morgan fingerprint density at radius 3 is 2.68 bits per heavy atom. The second-order valence-electron chi connectivity index (χ2n) is 5.39. The van der Waals surface area contributed by atoms with E-state index in [-0.39, 0.29) is 0 Å². The topological polar surface area (TPSA) is 53.7 Å². The lowest BCUT2D eigenvalue weighted by atomic mass is 10.1. The van der Waals surface area contributed by atoms with Crippen molar-refractivity contribution in [2.24, 2.45) is 0 Å². The number of hydrogen-bond acceptors (Lipinski definition) is 2. The zero-order valence-corrected chi connectivity index (χ0v) is 12.6. The van der Waals surface area contributed by atoms with E-state index in [2.05, 4.69) is 18.2 Å². The Hall–Kier alpha value is -2.49. The fourth-order valence-corrected chi connectivity index (χ4v) is 2.79. The Kier molecular flexibility index (Phi) is 4.00. The molecular formula is C18H19NO3. The highest BCUT2D eigenvalue weighted by Gasteiger charge is 2.09. The first-order valence-electron chi connectivity index (χ1n) is 7.57. The van der Waals surface area contributed by atoms with E-state index in [9.17, 15) is 4.79 Å². The second kappa shape index (κ2) is 6.10. The van der Waals surface area contributed by atoms with E-state index < -0.39 is 6.09 Å². The Bertz CT molecular complexity index is 806. The quantitative estimate of drug-likeness (QED) is 0.753. The lowest BCUT2D eigenvalue weighted by molar-refractivity contribution is 0.147. The van der Waals surface area contributed by atoms with Crippen molar-refractivity contribution in [1.82, 2.24) is 4.90 Å². The van der Waals surface area contributed by atoms with E-state index in [0.29, 0.717) is 13.1 Å². The largest absolute Gasteiger partial charge is 0.465 e. The molecule has 0 spiro atoms. The maximum absolute atomic E-state index is 11.0. The number of carboxylic acid groups (broad SMARTS) is 1. The molecule has 0 aliphatic rings. The number of carbonyl (C=O) groups is 1. The molecule has 0 aliphatic heterocycles. The van der Waals surface area contributed by atoms with Gasteiger partial charge in [0.2, 0.25) is 0 Å². The molecule has 0 bridgehead atoms. The van der Waals surface area contributed by atoms with Crippen molar-refractivity contribution >= 4 is 28.0 Å². The molecule has 0 unspecified atom stereocenters. The van der Waals surface area contributed by atoms with Gasteiger partial charge in [-0.15, -0.1) is 0 Å². The molecule has 22 heavy (non-hydrogen) atoms. The van der Waals surface area contributed by atoms with Crippen molar-refractivity contribution in [3.8, 4) is 0 Å². The van der Waals surface area contributed by atoms with E-state index in [1.54, 1.807) is 0 Å². The van der Waals surface area contributed by atoms with Gasteiger partial charge >= 0.3 is 6.09 Å². The fourth-order valence-electron chi connectivity index (χ4n) is 2.79. The molecule has 3 aromatic rings. The summed E-state index contributed by atoms with van der Waals surface area (Å²) in [5.41, 5.74) is 3.00. The molecule has 0 aliphatic carbocycles. The first kappa shape index (κ1) is 14.4. The van der Waals surface area contributed by atoms with Gasteiger partial charge in [0.15, 0.2) is 0 Å². The molecule has 0 saturated heterocycles. The van der Waals surface area contributed by atoms with Gasteiger partial charge in [0, 0.05) is 23.9 Å². The summed E-state index contributed by atoms with van der Waals surface area (Å²) < 4.78 is 5.81. The van der Waals surface area contributed by atoms with Crippen molar-refractivity contribution < 1.29 is 14.3 Å².